The van der Waals surface area contributed by atoms with E-state index < -0.39 is 11.6 Å². The Kier molecular flexibility index (Phi) is 3.09. The summed E-state index contributed by atoms with van der Waals surface area (Å²) in [4.78, 5) is 27.5. The quantitative estimate of drug-likeness (QED) is 0.571. The molecule has 6 nitrogen and oxygen atoms in total. The number of amides is 2. The molecule has 0 aromatic heterocycles. The Balaban J connectivity index is 2.14. The van der Waals surface area contributed by atoms with Gasteiger partial charge < -0.3 is 20.2 Å². The van der Waals surface area contributed by atoms with E-state index in [2.05, 4.69) is 10.2 Å². The van der Waals surface area contributed by atoms with Gasteiger partial charge in [-0.15, -0.1) is 0 Å². The highest BCUT2D eigenvalue weighted by Crippen LogP contribution is 2.27. The first-order valence-electron chi connectivity index (χ1n) is 5.91. The number of carbonyl (C=O) groups is 2. The minimum atomic E-state index is -0.695. The van der Waals surface area contributed by atoms with E-state index in [0.717, 1.165) is 6.54 Å². The van der Waals surface area contributed by atoms with E-state index >= 15 is 0 Å². The molecule has 0 bridgehead atoms. The van der Waals surface area contributed by atoms with E-state index in [4.69, 9.17) is 0 Å². The lowest BCUT2D eigenvalue weighted by Crippen LogP contribution is -2.80. The second kappa shape index (κ2) is 4.27. The molecule has 6 heteroatoms. The number of hydrogen-bond acceptors (Lipinski definition) is 4. The maximum Gasteiger partial charge on any atom is 0.249 e. The minimum Gasteiger partial charge on any atom is -0.393 e. The Morgan fingerprint density at radius 2 is 2.29 bits per heavy atom. The molecule has 96 valence electrons. The minimum absolute atomic E-state index is 0.0806. The normalized spacial score (nSPS) is 31.0. The molecule has 0 radical (unpaired) electrons. The number of hydrogen-bond donors (Lipinski definition) is 2. The Labute approximate surface area is 101 Å². The number of nitrogens with zero attached hydrogens (tertiary/aromatic N) is 2. The van der Waals surface area contributed by atoms with Gasteiger partial charge in [-0.2, -0.15) is 0 Å². The monoisotopic (exact) mass is 241 g/mol. The summed E-state index contributed by atoms with van der Waals surface area (Å²) in [5, 5.41) is 12.0. The summed E-state index contributed by atoms with van der Waals surface area (Å²) >= 11 is 0. The molecule has 2 amide bonds. The summed E-state index contributed by atoms with van der Waals surface area (Å²) in [6.07, 6.45) is -0.582. The van der Waals surface area contributed by atoms with Crippen LogP contribution in [0.3, 0.4) is 0 Å². The Morgan fingerprint density at radius 3 is 2.76 bits per heavy atom. The average molecular weight is 241 g/mol. The fourth-order valence-corrected chi connectivity index (χ4v) is 2.53. The summed E-state index contributed by atoms with van der Waals surface area (Å²) in [6, 6.07) is 0. The van der Waals surface area contributed by atoms with E-state index in [1.165, 1.54) is 0 Å². The molecule has 2 atom stereocenters. The van der Waals surface area contributed by atoms with E-state index in [1.807, 2.05) is 7.05 Å². The van der Waals surface area contributed by atoms with E-state index in [1.54, 1.807) is 11.8 Å². The number of likely N-dealkylation sites (N-methyl/N-ethyl adjacent to an activating group) is 1. The first kappa shape index (κ1) is 12.3. The second-order valence-electron chi connectivity index (χ2n) is 5.05. The van der Waals surface area contributed by atoms with E-state index in [-0.39, 0.29) is 18.2 Å². The molecule has 2 heterocycles. The van der Waals surface area contributed by atoms with Crippen LogP contribution in [0, 0.1) is 0 Å². The molecule has 2 rings (SSSR count). The Hall–Kier alpha value is -1.14. The topological polar surface area (TPSA) is 72.9 Å². The van der Waals surface area contributed by atoms with Crippen LogP contribution < -0.4 is 5.32 Å². The third-order valence-corrected chi connectivity index (χ3v) is 3.49. The third-order valence-electron chi connectivity index (χ3n) is 3.49. The van der Waals surface area contributed by atoms with Gasteiger partial charge in [-0.3, -0.25) is 9.59 Å². The van der Waals surface area contributed by atoms with Gasteiger partial charge in [0.2, 0.25) is 11.8 Å². The van der Waals surface area contributed by atoms with Crippen LogP contribution >= 0.6 is 0 Å². The zero-order valence-corrected chi connectivity index (χ0v) is 10.3. The van der Waals surface area contributed by atoms with Crippen molar-refractivity contribution in [3.63, 3.8) is 0 Å². The van der Waals surface area contributed by atoms with Crippen molar-refractivity contribution in [2.24, 2.45) is 0 Å². The molecule has 1 unspecified atom stereocenters. The molecule has 2 fully saturated rings. The standard InChI is InChI=1S/C11H19N3O3/c1-8(15)5-9(16)14-4-3-13(2)7-11(14)6-12-10(11)17/h8,15H,3-7H2,1-2H3,(H,12,17)/t8-,11?/m1/s1. The van der Waals surface area contributed by atoms with Crippen molar-refractivity contribution in [1.82, 2.24) is 15.1 Å². The molecule has 2 saturated heterocycles. The van der Waals surface area contributed by atoms with Crippen LogP contribution in [0.1, 0.15) is 13.3 Å². The van der Waals surface area contributed by atoms with Gasteiger partial charge in [-0.1, -0.05) is 0 Å². The van der Waals surface area contributed by atoms with Gasteiger partial charge >= 0.3 is 0 Å². The molecule has 2 aliphatic rings. The maximum atomic E-state index is 12.0. The molecule has 17 heavy (non-hydrogen) atoms. The molecule has 0 saturated carbocycles. The van der Waals surface area contributed by atoms with Crippen molar-refractivity contribution >= 4 is 11.8 Å². The van der Waals surface area contributed by atoms with Crippen molar-refractivity contribution in [1.29, 1.82) is 0 Å². The molecule has 2 aliphatic heterocycles. The molecule has 0 aliphatic carbocycles. The lowest BCUT2D eigenvalue weighted by molar-refractivity contribution is -0.162. The first-order chi connectivity index (χ1) is 7.95. The van der Waals surface area contributed by atoms with Gasteiger partial charge in [0.25, 0.3) is 0 Å². The van der Waals surface area contributed by atoms with Gasteiger partial charge in [-0.25, -0.2) is 0 Å². The van der Waals surface area contributed by atoms with Gasteiger partial charge in [0.15, 0.2) is 5.54 Å². The van der Waals surface area contributed by atoms with Crippen LogP contribution in [0.2, 0.25) is 0 Å². The summed E-state index contributed by atoms with van der Waals surface area (Å²) in [7, 11) is 1.95. The first-order valence-corrected chi connectivity index (χ1v) is 5.91. The largest absolute Gasteiger partial charge is 0.393 e. The molecule has 2 N–H and O–H groups in total. The number of rotatable bonds is 2. The van der Waals surface area contributed by atoms with Gasteiger partial charge in [0.1, 0.15) is 0 Å². The van der Waals surface area contributed by atoms with Crippen LogP contribution in [-0.4, -0.2) is 71.6 Å². The fraction of sp³-hybridized carbons (Fsp3) is 0.818. The molecule has 1 spiro atoms. The highest BCUT2D eigenvalue weighted by Gasteiger charge is 2.55. The number of aliphatic hydroxyl groups excluding tert-OH is 1. The molecular formula is C11H19N3O3. The van der Waals surface area contributed by atoms with E-state index in [0.29, 0.717) is 19.6 Å². The summed E-state index contributed by atoms with van der Waals surface area (Å²) in [6.45, 7) is 3.99. The Morgan fingerprint density at radius 1 is 1.59 bits per heavy atom. The van der Waals surface area contributed by atoms with Crippen LogP contribution in [0.5, 0.6) is 0 Å². The lowest BCUT2D eigenvalue weighted by atomic mass is 9.86. The van der Waals surface area contributed by atoms with Crippen molar-refractivity contribution in [3.8, 4) is 0 Å². The second-order valence-corrected chi connectivity index (χ2v) is 5.05. The average Bonchev–Trinajstić information content (AvgIpc) is 2.25. The summed E-state index contributed by atoms with van der Waals surface area (Å²) in [5.41, 5.74) is -0.695. The SMILES string of the molecule is C[C@@H](O)CC(=O)N1CCN(C)CC12CNC2=O. The van der Waals surface area contributed by atoms with Crippen LogP contribution in [0.15, 0.2) is 0 Å². The third kappa shape index (κ3) is 2.02. The number of β-lactam (4-membered cyclic amide) rings is 1. The fourth-order valence-electron chi connectivity index (χ4n) is 2.53. The zero-order valence-electron chi connectivity index (χ0n) is 10.3. The predicted octanol–water partition coefficient (Wildman–Crippen LogP) is -1.60. The van der Waals surface area contributed by atoms with Gasteiger partial charge in [-0.05, 0) is 14.0 Å². The number of aliphatic hydroxyl groups is 1. The number of nitrogens with one attached hydrogen (secondary N) is 1. The van der Waals surface area contributed by atoms with Crippen molar-refractivity contribution in [2.45, 2.75) is 25.0 Å². The van der Waals surface area contributed by atoms with Gasteiger partial charge in [0, 0.05) is 19.6 Å². The predicted molar refractivity (Wildman–Crippen MR) is 61.2 cm³/mol. The molecular weight excluding hydrogens is 222 g/mol. The smallest absolute Gasteiger partial charge is 0.249 e. The van der Waals surface area contributed by atoms with Crippen molar-refractivity contribution in [2.75, 3.05) is 33.2 Å². The summed E-state index contributed by atoms with van der Waals surface area (Å²) < 4.78 is 0. The number of carbonyl (C=O) groups excluding carboxylic acids is 2. The lowest BCUT2D eigenvalue weighted by Gasteiger charge is -2.53. The maximum absolute atomic E-state index is 12.0. The van der Waals surface area contributed by atoms with E-state index in [9.17, 15) is 14.7 Å². The highest BCUT2D eigenvalue weighted by atomic mass is 16.3. The van der Waals surface area contributed by atoms with Crippen LogP contribution in [-0.2, 0) is 9.59 Å². The number of piperazine rings is 1. The van der Waals surface area contributed by atoms with Crippen LogP contribution in [0.25, 0.3) is 0 Å². The molecule has 0 aromatic rings. The van der Waals surface area contributed by atoms with Crippen molar-refractivity contribution in [3.05, 3.63) is 0 Å². The Bertz CT molecular complexity index is 345. The summed E-state index contributed by atoms with van der Waals surface area (Å²) in [5.74, 6) is -0.217. The van der Waals surface area contributed by atoms with Crippen molar-refractivity contribution < 1.29 is 14.7 Å². The molecule has 0 aromatic carbocycles. The van der Waals surface area contributed by atoms with Gasteiger partial charge in [0.05, 0.1) is 19.1 Å². The highest BCUT2D eigenvalue weighted by molar-refractivity contribution is 5.97. The van der Waals surface area contributed by atoms with Crippen LogP contribution in [0.4, 0.5) is 0 Å². The zero-order chi connectivity index (χ0) is 12.6.